The fraction of sp³-hybridized carbons (Fsp3) is 0.273. The molecule has 0 unspecified atom stereocenters. The molecule has 1 heterocycles. The van der Waals surface area contributed by atoms with Crippen molar-refractivity contribution in [1.82, 2.24) is 4.98 Å². The summed E-state index contributed by atoms with van der Waals surface area (Å²) in [5.41, 5.74) is 9.21. The van der Waals surface area contributed by atoms with Crippen LogP contribution in [0.15, 0.2) is 24.4 Å². The van der Waals surface area contributed by atoms with Gasteiger partial charge in [0.25, 0.3) is 0 Å². The quantitative estimate of drug-likeness (QED) is 0.641. The summed E-state index contributed by atoms with van der Waals surface area (Å²) >= 11 is 0. The minimum atomic E-state index is 0.461. The third-order valence-electron chi connectivity index (χ3n) is 2.38. The van der Waals surface area contributed by atoms with E-state index in [1.807, 2.05) is 18.3 Å². The lowest BCUT2D eigenvalue weighted by Crippen LogP contribution is -1.97. The van der Waals surface area contributed by atoms with Crippen molar-refractivity contribution >= 4 is 16.6 Å². The number of nitrogens with two attached hydrogens (primary N) is 1. The van der Waals surface area contributed by atoms with E-state index in [1.165, 1.54) is 16.5 Å². The molecular weight excluding hydrogens is 160 g/mol. The maximum atomic E-state index is 5.93. The van der Waals surface area contributed by atoms with Crippen molar-refractivity contribution in [2.75, 3.05) is 5.73 Å². The van der Waals surface area contributed by atoms with Gasteiger partial charge in [0.1, 0.15) is 0 Å². The number of aromatic nitrogens is 1. The summed E-state index contributed by atoms with van der Waals surface area (Å²) in [4.78, 5) is 3.23. The Balaban J connectivity index is 2.80. The van der Waals surface area contributed by atoms with E-state index in [1.54, 1.807) is 0 Å². The van der Waals surface area contributed by atoms with E-state index in [2.05, 4.69) is 24.9 Å². The minimum Gasteiger partial charge on any atom is -0.398 e. The minimum absolute atomic E-state index is 0.461. The zero-order valence-electron chi connectivity index (χ0n) is 7.96. The number of nitrogens with one attached hydrogen (secondary N) is 1. The van der Waals surface area contributed by atoms with Gasteiger partial charge in [0, 0.05) is 17.4 Å². The number of hydrogen-bond donors (Lipinski definition) is 2. The van der Waals surface area contributed by atoms with Crippen LogP contribution in [-0.2, 0) is 0 Å². The highest BCUT2D eigenvalue weighted by molar-refractivity contribution is 5.87. The molecule has 2 nitrogen and oxygen atoms in total. The highest BCUT2D eigenvalue weighted by Gasteiger charge is 2.09. The van der Waals surface area contributed by atoms with Gasteiger partial charge in [-0.15, -0.1) is 0 Å². The number of aromatic amines is 1. The van der Waals surface area contributed by atoms with Crippen molar-refractivity contribution in [3.63, 3.8) is 0 Å². The van der Waals surface area contributed by atoms with Gasteiger partial charge in [0.05, 0.1) is 5.52 Å². The predicted octanol–water partition coefficient (Wildman–Crippen LogP) is 2.87. The summed E-state index contributed by atoms with van der Waals surface area (Å²) in [6.45, 7) is 4.32. The lowest BCUT2D eigenvalue weighted by molar-refractivity contribution is 0.877. The number of rotatable bonds is 1. The molecule has 3 N–H and O–H groups in total. The Morgan fingerprint density at radius 2 is 2.00 bits per heavy atom. The summed E-state index contributed by atoms with van der Waals surface area (Å²) in [6, 6.07) is 6.10. The van der Waals surface area contributed by atoms with Gasteiger partial charge in [-0.2, -0.15) is 0 Å². The van der Waals surface area contributed by atoms with E-state index in [0.29, 0.717) is 5.92 Å². The topological polar surface area (TPSA) is 41.8 Å². The van der Waals surface area contributed by atoms with Crippen LogP contribution in [-0.4, -0.2) is 4.98 Å². The zero-order valence-corrected chi connectivity index (χ0v) is 7.96. The van der Waals surface area contributed by atoms with Gasteiger partial charge in [-0.05, 0) is 23.4 Å². The molecule has 13 heavy (non-hydrogen) atoms. The van der Waals surface area contributed by atoms with Crippen molar-refractivity contribution in [2.24, 2.45) is 0 Å². The second-order valence-corrected chi connectivity index (χ2v) is 3.67. The molecule has 1 aromatic heterocycles. The average molecular weight is 174 g/mol. The Morgan fingerprint density at radius 3 is 2.69 bits per heavy atom. The summed E-state index contributed by atoms with van der Waals surface area (Å²) in [6.07, 6.45) is 1.95. The molecule has 1 aromatic carbocycles. The van der Waals surface area contributed by atoms with Crippen LogP contribution in [0.1, 0.15) is 25.3 Å². The first kappa shape index (κ1) is 8.17. The van der Waals surface area contributed by atoms with E-state index >= 15 is 0 Å². The number of hydrogen-bond acceptors (Lipinski definition) is 1. The van der Waals surface area contributed by atoms with Gasteiger partial charge in [-0.1, -0.05) is 19.9 Å². The highest BCUT2D eigenvalue weighted by atomic mass is 14.7. The van der Waals surface area contributed by atoms with Crippen LogP contribution in [0.4, 0.5) is 5.69 Å². The Labute approximate surface area is 77.8 Å². The van der Waals surface area contributed by atoms with Crippen LogP contribution in [0, 0.1) is 0 Å². The van der Waals surface area contributed by atoms with Gasteiger partial charge in [-0.25, -0.2) is 0 Å². The van der Waals surface area contributed by atoms with Gasteiger partial charge in [-0.3, -0.25) is 0 Å². The molecule has 2 heteroatoms. The van der Waals surface area contributed by atoms with Crippen molar-refractivity contribution in [1.29, 1.82) is 0 Å². The van der Waals surface area contributed by atoms with E-state index in [0.717, 1.165) is 5.69 Å². The SMILES string of the molecule is CC(C)c1c(N)ccc2cc[nH]c12. The fourth-order valence-electron chi connectivity index (χ4n) is 1.79. The zero-order chi connectivity index (χ0) is 9.42. The number of fused-ring (bicyclic) bond motifs is 1. The smallest absolute Gasteiger partial charge is 0.0509 e. The maximum absolute atomic E-state index is 5.93. The lowest BCUT2D eigenvalue weighted by atomic mass is 9.99. The summed E-state index contributed by atoms with van der Waals surface area (Å²) in [7, 11) is 0. The number of nitrogen functional groups attached to an aromatic ring is 1. The second kappa shape index (κ2) is 2.80. The van der Waals surface area contributed by atoms with Gasteiger partial charge in [0.2, 0.25) is 0 Å². The first-order valence-electron chi connectivity index (χ1n) is 4.55. The van der Waals surface area contributed by atoms with Crippen LogP contribution in [0.5, 0.6) is 0 Å². The molecule has 0 saturated carbocycles. The maximum Gasteiger partial charge on any atom is 0.0509 e. The number of H-pyrrole nitrogens is 1. The fourth-order valence-corrected chi connectivity index (χ4v) is 1.79. The molecule has 0 spiro atoms. The van der Waals surface area contributed by atoms with E-state index in [4.69, 9.17) is 5.73 Å². The van der Waals surface area contributed by atoms with Crippen molar-refractivity contribution in [3.8, 4) is 0 Å². The number of anilines is 1. The first-order valence-corrected chi connectivity index (χ1v) is 4.55. The predicted molar refractivity (Wildman–Crippen MR) is 56.8 cm³/mol. The molecule has 0 aliphatic carbocycles. The Kier molecular flexibility index (Phi) is 1.76. The summed E-state index contributed by atoms with van der Waals surface area (Å²) in [5.74, 6) is 0.461. The second-order valence-electron chi connectivity index (χ2n) is 3.67. The molecule has 0 fully saturated rings. The van der Waals surface area contributed by atoms with E-state index < -0.39 is 0 Å². The van der Waals surface area contributed by atoms with Crippen LogP contribution < -0.4 is 5.73 Å². The number of benzene rings is 1. The molecule has 0 amide bonds. The molecule has 0 aliphatic rings. The normalized spacial score (nSPS) is 11.3. The van der Waals surface area contributed by atoms with E-state index in [-0.39, 0.29) is 0 Å². The van der Waals surface area contributed by atoms with Crippen LogP contribution in [0.3, 0.4) is 0 Å². The van der Waals surface area contributed by atoms with Crippen molar-refractivity contribution in [3.05, 3.63) is 30.0 Å². The third kappa shape index (κ3) is 1.18. The summed E-state index contributed by atoms with van der Waals surface area (Å²) < 4.78 is 0. The average Bonchev–Trinajstić information content (AvgIpc) is 2.50. The summed E-state index contributed by atoms with van der Waals surface area (Å²) in [5, 5.41) is 1.23. The molecule has 0 aliphatic heterocycles. The molecule has 68 valence electrons. The highest BCUT2D eigenvalue weighted by Crippen LogP contribution is 2.29. The Morgan fingerprint density at radius 1 is 1.23 bits per heavy atom. The molecule has 0 bridgehead atoms. The molecule has 2 aromatic rings. The molecule has 2 rings (SSSR count). The lowest BCUT2D eigenvalue weighted by Gasteiger charge is -2.10. The standard InChI is InChI=1S/C11H14N2/c1-7(2)10-9(12)4-3-8-5-6-13-11(8)10/h3-7,13H,12H2,1-2H3. The third-order valence-corrected chi connectivity index (χ3v) is 2.38. The Hall–Kier alpha value is -1.44. The molecule has 0 saturated heterocycles. The van der Waals surface area contributed by atoms with Gasteiger partial charge < -0.3 is 10.7 Å². The first-order chi connectivity index (χ1) is 6.20. The van der Waals surface area contributed by atoms with E-state index in [9.17, 15) is 0 Å². The van der Waals surface area contributed by atoms with Gasteiger partial charge >= 0.3 is 0 Å². The molecule has 0 radical (unpaired) electrons. The van der Waals surface area contributed by atoms with Crippen LogP contribution >= 0.6 is 0 Å². The Bertz CT molecular complexity index is 427. The van der Waals surface area contributed by atoms with Crippen molar-refractivity contribution in [2.45, 2.75) is 19.8 Å². The molecular formula is C11H14N2. The van der Waals surface area contributed by atoms with Crippen molar-refractivity contribution < 1.29 is 0 Å². The largest absolute Gasteiger partial charge is 0.398 e. The molecule has 0 atom stereocenters. The van der Waals surface area contributed by atoms with Crippen LogP contribution in [0.25, 0.3) is 10.9 Å². The van der Waals surface area contributed by atoms with Crippen LogP contribution in [0.2, 0.25) is 0 Å². The monoisotopic (exact) mass is 174 g/mol. The van der Waals surface area contributed by atoms with Gasteiger partial charge in [0.15, 0.2) is 0 Å².